The molecule has 1 aliphatic heterocycles. The number of ether oxygens (including phenoxy) is 1. The lowest BCUT2D eigenvalue weighted by Gasteiger charge is -2.23. The van der Waals surface area contributed by atoms with Gasteiger partial charge in [0.05, 0.1) is 6.10 Å². The van der Waals surface area contributed by atoms with Crippen LogP contribution in [0.4, 0.5) is 0 Å². The molecule has 0 atom stereocenters. The average Bonchev–Trinajstić information content (AvgIpc) is 3.23. The first-order chi connectivity index (χ1) is 13.9. The maximum absolute atomic E-state index is 11.5. The van der Waals surface area contributed by atoms with Crippen LogP contribution in [0.1, 0.15) is 64.2 Å². The second kappa shape index (κ2) is 11.8. The quantitative estimate of drug-likeness (QED) is 0.579. The van der Waals surface area contributed by atoms with Crippen molar-refractivity contribution in [2.45, 2.75) is 70.3 Å². The molecule has 29 heavy (non-hydrogen) atoms. The highest BCUT2D eigenvalue weighted by molar-refractivity contribution is 6.19. The molecule has 2 amide bonds. The van der Waals surface area contributed by atoms with Crippen molar-refractivity contribution in [3.63, 3.8) is 0 Å². The number of hydrogen-bond acceptors (Lipinski definition) is 5. The molecule has 2 fully saturated rings. The Balaban J connectivity index is 0.000000211. The molecule has 0 radical (unpaired) electrons. The number of nitrogens with zero attached hydrogens (tertiary/aromatic N) is 1. The van der Waals surface area contributed by atoms with Gasteiger partial charge in [-0.3, -0.25) is 14.4 Å². The number of carboxylic acids is 1. The fourth-order valence-electron chi connectivity index (χ4n) is 3.97. The maximum atomic E-state index is 11.5. The minimum Gasteiger partial charge on any atom is -0.511 e. The Morgan fingerprint density at radius 3 is 2.34 bits per heavy atom. The molecule has 8 heteroatoms. The summed E-state index contributed by atoms with van der Waals surface area (Å²) in [5, 5.41) is 19.8. The van der Waals surface area contributed by atoms with Gasteiger partial charge in [0.15, 0.2) is 0 Å². The minimum atomic E-state index is -1.22. The molecule has 0 saturated heterocycles. The SMILES string of the molecule is C1CCC(OCC2CCCC2)CC1.CN1CCC(O)=C(C(=O)NCC(=O)O)C1=O. The van der Waals surface area contributed by atoms with Crippen LogP contribution >= 0.6 is 0 Å². The number of rotatable bonds is 6. The van der Waals surface area contributed by atoms with Gasteiger partial charge >= 0.3 is 5.97 Å². The molecule has 0 bridgehead atoms. The number of amides is 2. The number of aliphatic hydroxyl groups is 1. The van der Waals surface area contributed by atoms with Crippen LogP contribution in [0, 0.1) is 5.92 Å². The van der Waals surface area contributed by atoms with Crippen LogP contribution in [0.25, 0.3) is 0 Å². The molecular weight excluding hydrogens is 376 g/mol. The van der Waals surface area contributed by atoms with Gasteiger partial charge < -0.3 is 25.2 Å². The zero-order chi connectivity index (χ0) is 21.2. The van der Waals surface area contributed by atoms with Gasteiger partial charge in [0.25, 0.3) is 11.8 Å². The summed E-state index contributed by atoms with van der Waals surface area (Å²) in [5.74, 6) is -2.08. The molecule has 0 spiro atoms. The summed E-state index contributed by atoms with van der Waals surface area (Å²) >= 11 is 0. The molecule has 3 aliphatic rings. The first-order valence-electron chi connectivity index (χ1n) is 10.7. The van der Waals surface area contributed by atoms with E-state index in [1.165, 1.54) is 69.7 Å². The molecule has 2 saturated carbocycles. The standard InChI is InChI=1S/C12H22O.C9H12N2O5/c1-2-8-12(9-3-1)13-10-11-6-4-5-7-11;1-11-3-2-5(12)7(9(11)16)8(15)10-4-6(13)14/h11-12H,1-10H2;12H,2-4H2,1H3,(H,10,15)(H,13,14). The molecule has 3 rings (SSSR count). The van der Waals surface area contributed by atoms with E-state index >= 15 is 0 Å². The molecule has 1 heterocycles. The van der Waals surface area contributed by atoms with E-state index in [0.29, 0.717) is 12.6 Å². The van der Waals surface area contributed by atoms with E-state index in [1.807, 2.05) is 5.32 Å². The lowest BCUT2D eigenvalue weighted by molar-refractivity contribution is -0.138. The number of carbonyl (C=O) groups is 3. The lowest BCUT2D eigenvalue weighted by atomic mass is 9.97. The first kappa shape index (κ1) is 23.2. The third-order valence-electron chi connectivity index (χ3n) is 5.75. The van der Waals surface area contributed by atoms with Gasteiger partial charge in [-0.1, -0.05) is 32.1 Å². The van der Waals surface area contributed by atoms with Crippen LogP contribution in [0.15, 0.2) is 11.3 Å². The number of carboxylic acid groups (broad SMARTS) is 1. The Kier molecular flexibility index (Phi) is 9.44. The smallest absolute Gasteiger partial charge is 0.322 e. The predicted octanol–water partition coefficient (Wildman–Crippen LogP) is 2.39. The van der Waals surface area contributed by atoms with Crippen molar-refractivity contribution in [2.24, 2.45) is 5.92 Å². The Hall–Kier alpha value is -2.09. The van der Waals surface area contributed by atoms with Crippen molar-refractivity contribution in [1.82, 2.24) is 10.2 Å². The molecule has 0 aromatic carbocycles. The van der Waals surface area contributed by atoms with Crippen molar-refractivity contribution in [2.75, 3.05) is 26.7 Å². The summed E-state index contributed by atoms with van der Waals surface area (Å²) < 4.78 is 5.97. The van der Waals surface area contributed by atoms with Gasteiger partial charge in [-0.05, 0) is 31.6 Å². The van der Waals surface area contributed by atoms with E-state index < -0.39 is 24.3 Å². The normalized spacial score (nSPS) is 21.0. The average molecular weight is 411 g/mol. The van der Waals surface area contributed by atoms with E-state index in [2.05, 4.69) is 0 Å². The fourth-order valence-corrected chi connectivity index (χ4v) is 3.97. The van der Waals surface area contributed by atoms with Crippen LogP contribution < -0.4 is 5.32 Å². The largest absolute Gasteiger partial charge is 0.511 e. The van der Waals surface area contributed by atoms with Gasteiger partial charge in [-0.15, -0.1) is 0 Å². The molecular formula is C21H34N2O6. The van der Waals surface area contributed by atoms with Crippen LogP contribution in [-0.2, 0) is 19.1 Å². The zero-order valence-electron chi connectivity index (χ0n) is 17.3. The highest BCUT2D eigenvalue weighted by Crippen LogP contribution is 2.27. The Bertz CT molecular complexity index is 606. The predicted molar refractivity (Wildman–Crippen MR) is 107 cm³/mol. The lowest BCUT2D eigenvalue weighted by Crippen LogP contribution is -2.41. The Labute approximate surface area is 172 Å². The third-order valence-corrected chi connectivity index (χ3v) is 5.75. The number of hydrogen-bond donors (Lipinski definition) is 3. The first-order valence-corrected chi connectivity index (χ1v) is 10.7. The van der Waals surface area contributed by atoms with Crippen LogP contribution in [-0.4, -0.2) is 65.7 Å². The molecule has 0 aromatic rings. The molecule has 164 valence electrons. The van der Waals surface area contributed by atoms with Crippen LogP contribution in [0.3, 0.4) is 0 Å². The number of likely N-dealkylation sites (N-methyl/N-ethyl adjacent to an activating group) is 1. The highest BCUT2D eigenvalue weighted by atomic mass is 16.5. The monoisotopic (exact) mass is 410 g/mol. The van der Waals surface area contributed by atoms with Crippen molar-refractivity contribution in [1.29, 1.82) is 0 Å². The summed E-state index contributed by atoms with van der Waals surface area (Å²) in [6, 6.07) is 0. The van der Waals surface area contributed by atoms with Crippen LogP contribution in [0.5, 0.6) is 0 Å². The Morgan fingerprint density at radius 1 is 1.10 bits per heavy atom. The molecule has 0 unspecified atom stereocenters. The van der Waals surface area contributed by atoms with Gasteiger partial charge in [0.1, 0.15) is 17.9 Å². The van der Waals surface area contributed by atoms with Crippen molar-refractivity contribution in [3.05, 3.63) is 11.3 Å². The second-order valence-electron chi connectivity index (χ2n) is 8.12. The summed E-state index contributed by atoms with van der Waals surface area (Å²) in [4.78, 5) is 34.5. The number of nitrogens with one attached hydrogen (secondary N) is 1. The minimum absolute atomic E-state index is 0.193. The van der Waals surface area contributed by atoms with Gasteiger partial charge in [-0.25, -0.2) is 0 Å². The summed E-state index contributed by atoms with van der Waals surface area (Å²) in [6.07, 6.45) is 13.4. The molecule has 0 aromatic heterocycles. The van der Waals surface area contributed by atoms with Crippen molar-refractivity contribution >= 4 is 17.8 Å². The molecule has 2 aliphatic carbocycles. The zero-order valence-corrected chi connectivity index (χ0v) is 17.3. The Morgan fingerprint density at radius 2 is 1.72 bits per heavy atom. The van der Waals surface area contributed by atoms with Crippen molar-refractivity contribution in [3.8, 4) is 0 Å². The van der Waals surface area contributed by atoms with Crippen LogP contribution in [0.2, 0.25) is 0 Å². The van der Waals surface area contributed by atoms with E-state index in [4.69, 9.17) is 9.84 Å². The van der Waals surface area contributed by atoms with E-state index in [9.17, 15) is 19.5 Å². The van der Waals surface area contributed by atoms with Gasteiger partial charge in [0.2, 0.25) is 0 Å². The fraction of sp³-hybridized carbons (Fsp3) is 0.762. The number of aliphatic carboxylic acids is 1. The maximum Gasteiger partial charge on any atom is 0.322 e. The number of aliphatic hydroxyl groups excluding tert-OH is 1. The molecule has 8 nitrogen and oxygen atoms in total. The summed E-state index contributed by atoms with van der Waals surface area (Å²) in [7, 11) is 1.50. The third kappa shape index (κ3) is 7.68. The summed E-state index contributed by atoms with van der Waals surface area (Å²) in [6.45, 7) is 0.803. The number of carbonyl (C=O) groups excluding carboxylic acids is 2. The summed E-state index contributed by atoms with van der Waals surface area (Å²) in [5.41, 5.74) is -0.380. The second-order valence-corrected chi connectivity index (χ2v) is 8.12. The highest BCUT2D eigenvalue weighted by Gasteiger charge is 2.30. The topological polar surface area (TPSA) is 116 Å². The van der Waals surface area contributed by atoms with E-state index in [-0.39, 0.29) is 17.8 Å². The van der Waals surface area contributed by atoms with E-state index in [1.54, 1.807) is 0 Å². The van der Waals surface area contributed by atoms with E-state index in [0.717, 1.165) is 12.5 Å². The van der Waals surface area contributed by atoms with Crippen molar-refractivity contribution < 1.29 is 29.3 Å². The van der Waals surface area contributed by atoms with Gasteiger partial charge in [0, 0.05) is 26.6 Å². The molecule has 3 N–H and O–H groups in total. The van der Waals surface area contributed by atoms with Gasteiger partial charge in [-0.2, -0.15) is 0 Å².